The Morgan fingerprint density at radius 3 is 2.33 bits per heavy atom. The highest BCUT2D eigenvalue weighted by molar-refractivity contribution is 6.24. The van der Waals surface area contributed by atoms with Crippen LogP contribution >= 0.6 is 0 Å². The summed E-state index contributed by atoms with van der Waals surface area (Å²) in [6, 6.07) is 2.75. The van der Waals surface area contributed by atoms with Crippen LogP contribution in [0.3, 0.4) is 0 Å². The number of aryl methyl sites for hydroxylation is 4. The van der Waals surface area contributed by atoms with Crippen molar-refractivity contribution in [2.75, 3.05) is 33.1 Å². The van der Waals surface area contributed by atoms with Gasteiger partial charge in [-0.15, -0.1) is 0 Å². The lowest BCUT2D eigenvalue weighted by Gasteiger charge is -2.50. The number of nitrogens with zero attached hydrogens (tertiary/aromatic N) is 2. The van der Waals surface area contributed by atoms with Gasteiger partial charge in [-0.1, -0.05) is 0 Å². The molecule has 5 rings (SSSR count). The summed E-state index contributed by atoms with van der Waals surface area (Å²) in [6.45, 7) is 3.88. The first-order valence-corrected chi connectivity index (χ1v) is 14.4. The van der Waals surface area contributed by atoms with Crippen LogP contribution in [0.2, 0.25) is 0 Å². The van der Waals surface area contributed by atoms with Gasteiger partial charge < -0.3 is 35.5 Å². The molecular weight excluding hydrogens is 554 g/mol. The number of phenols is 1. The summed E-state index contributed by atoms with van der Waals surface area (Å²) < 4.78 is 5.78. The van der Waals surface area contributed by atoms with Crippen LogP contribution in [-0.2, 0) is 33.6 Å². The van der Waals surface area contributed by atoms with Crippen LogP contribution in [0.25, 0.3) is 5.76 Å². The van der Waals surface area contributed by atoms with E-state index in [0.29, 0.717) is 30.4 Å². The summed E-state index contributed by atoms with van der Waals surface area (Å²) in [5, 5.41) is 46.0. The van der Waals surface area contributed by atoms with Crippen LogP contribution in [0.15, 0.2) is 33.5 Å². The highest BCUT2D eigenvalue weighted by Gasteiger charge is 2.64. The Morgan fingerprint density at radius 2 is 1.77 bits per heavy atom. The minimum atomic E-state index is -2.67. The summed E-state index contributed by atoms with van der Waals surface area (Å²) in [5.41, 5.74) is 4.88. The number of hydrogen-bond donors (Lipinski definition) is 5. The maximum atomic E-state index is 14.1. The molecule has 2 aromatic rings. The smallest absolute Gasteiger partial charge is 0.255 e. The second-order valence-electron chi connectivity index (χ2n) is 12.4. The Morgan fingerprint density at radius 1 is 1.09 bits per heavy atom. The predicted octanol–water partition coefficient (Wildman–Crippen LogP) is 2.42. The summed E-state index contributed by atoms with van der Waals surface area (Å²) in [7, 11) is 6.85. The van der Waals surface area contributed by atoms with Gasteiger partial charge in [-0.2, -0.15) is 0 Å². The SMILES string of the molecule is Cc1cc(CCCc2cc(N(C)C)c3c(c2O)C(O)=C2C(=O)[C@]4(O)C(O)=C(C(N)=O)C(=O)C(N(C)C)[C@H]4C[C@H]2C3)oc1C. The summed E-state index contributed by atoms with van der Waals surface area (Å²) >= 11 is 0. The Kier molecular flexibility index (Phi) is 7.46. The van der Waals surface area contributed by atoms with Gasteiger partial charge in [0.05, 0.1) is 11.6 Å². The Labute approximate surface area is 249 Å². The van der Waals surface area contributed by atoms with Gasteiger partial charge in [-0.25, -0.2) is 0 Å². The molecule has 0 radical (unpaired) electrons. The van der Waals surface area contributed by atoms with Crippen molar-refractivity contribution in [3.05, 3.63) is 62.8 Å². The number of carbonyl (C=O) groups excluding carboxylic acids is 3. The third-order valence-electron chi connectivity index (χ3n) is 9.34. The molecule has 1 aromatic heterocycles. The molecule has 11 nitrogen and oxygen atoms in total. The number of primary amides is 1. The highest BCUT2D eigenvalue weighted by atomic mass is 16.4. The van der Waals surface area contributed by atoms with E-state index in [1.165, 1.54) is 4.90 Å². The number of aromatic hydroxyl groups is 1. The van der Waals surface area contributed by atoms with Crippen molar-refractivity contribution in [1.29, 1.82) is 0 Å². The zero-order valence-electron chi connectivity index (χ0n) is 25.3. The quantitative estimate of drug-likeness (QED) is 0.300. The molecule has 11 heteroatoms. The fourth-order valence-corrected chi connectivity index (χ4v) is 7.16. The van der Waals surface area contributed by atoms with Crippen molar-refractivity contribution in [3.63, 3.8) is 0 Å². The van der Waals surface area contributed by atoms with E-state index in [4.69, 9.17) is 10.2 Å². The lowest BCUT2D eigenvalue weighted by atomic mass is 9.57. The van der Waals surface area contributed by atoms with E-state index in [-0.39, 0.29) is 29.7 Å². The fourth-order valence-electron chi connectivity index (χ4n) is 7.16. The molecule has 1 amide bonds. The second kappa shape index (κ2) is 10.6. The molecule has 0 aliphatic heterocycles. The Hall–Kier alpha value is -4.09. The zero-order chi connectivity index (χ0) is 31.7. The number of amides is 1. The number of phenolic OH excluding ortho intramolecular Hbond substituents is 1. The number of furan rings is 1. The number of rotatable bonds is 7. The van der Waals surface area contributed by atoms with E-state index in [0.717, 1.165) is 22.8 Å². The molecule has 6 N–H and O–H groups in total. The number of nitrogens with two attached hydrogens (primary N) is 1. The van der Waals surface area contributed by atoms with E-state index < -0.39 is 58.0 Å². The lowest BCUT2D eigenvalue weighted by molar-refractivity contribution is -0.153. The van der Waals surface area contributed by atoms with E-state index in [1.54, 1.807) is 14.1 Å². The number of likely N-dealkylation sites (N-methyl/N-ethyl adjacent to an activating group) is 1. The molecule has 43 heavy (non-hydrogen) atoms. The van der Waals surface area contributed by atoms with Crippen molar-refractivity contribution >= 4 is 28.9 Å². The van der Waals surface area contributed by atoms with Crippen LogP contribution < -0.4 is 10.6 Å². The van der Waals surface area contributed by atoms with Crippen LogP contribution in [0.1, 0.15) is 46.6 Å². The first kappa shape index (κ1) is 30.4. The van der Waals surface area contributed by atoms with Gasteiger partial charge in [0.2, 0.25) is 5.78 Å². The predicted molar refractivity (Wildman–Crippen MR) is 159 cm³/mol. The Balaban J connectivity index is 1.61. The van der Waals surface area contributed by atoms with Crippen molar-refractivity contribution in [3.8, 4) is 5.75 Å². The maximum absolute atomic E-state index is 14.1. The summed E-state index contributed by atoms with van der Waals surface area (Å²) in [5.74, 6) is -4.86. The van der Waals surface area contributed by atoms with E-state index >= 15 is 0 Å². The molecule has 0 saturated heterocycles. The number of ketones is 2. The number of benzene rings is 1. The molecule has 1 unspecified atom stereocenters. The van der Waals surface area contributed by atoms with Gasteiger partial charge in [0.25, 0.3) is 5.91 Å². The monoisotopic (exact) mass is 593 g/mol. The van der Waals surface area contributed by atoms with Gasteiger partial charge in [0.15, 0.2) is 11.4 Å². The Bertz CT molecular complexity index is 1590. The van der Waals surface area contributed by atoms with Crippen LogP contribution in [-0.4, -0.2) is 82.6 Å². The topological polar surface area (TPSA) is 178 Å². The van der Waals surface area contributed by atoms with Crippen molar-refractivity contribution in [2.24, 2.45) is 17.6 Å². The number of hydrogen-bond acceptors (Lipinski definition) is 10. The highest BCUT2D eigenvalue weighted by Crippen LogP contribution is 2.54. The number of aliphatic hydroxyl groups is 3. The largest absolute Gasteiger partial charge is 0.508 e. The van der Waals surface area contributed by atoms with E-state index in [9.17, 15) is 34.8 Å². The van der Waals surface area contributed by atoms with Gasteiger partial charge in [0, 0.05) is 37.7 Å². The van der Waals surface area contributed by atoms with Crippen LogP contribution in [0.4, 0.5) is 5.69 Å². The molecule has 0 spiro atoms. The maximum Gasteiger partial charge on any atom is 0.255 e. The fraction of sp³-hybridized carbons (Fsp3) is 0.469. The third kappa shape index (κ3) is 4.53. The summed E-state index contributed by atoms with van der Waals surface area (Å²) in [6.07, 6.45) is 2.04. The molecule has 3 aliphatic carbocycles. The van der Waals surface area contributed by atoms with Gasteiger partial charge in [0.1, 0.15) is 34.4 Å². The molecule has 1 heterocycles. The van der Waals surface area contributed by atoms with Crippen molar-refractivity contribution in [2.45, 2.75) is 57.6 Å². The molecule has 0 bridgehead atoms. The van der Waals surface area contributed by atoms with Gasteiger partial charge >= 0.3 is 0 Å². The number of fused-ring (bicyclic) bond motifs is 3. The van der Waals surface area contributed by atoms with Crippen molar-refractivity contribution in [1.82, 2.24) is 4.90 Å². The second-order valence-corrected chi connectivity index (χ2v) is 12.4. The molecule has 1 aromatic carbocycles. The number of carbonyl (C=O) groups is 3. The average Bonchev–Trinajstić information content (AvgIpc) is 3.23. The van der Waals surface area contributed by atoms with Gasteiger partial charge in [-0.3, -0.25) is 19.3 Å². The molecule has 4 atom stereocenters. The third-order valence-corrected chi connectivity index (χ3v) is 9.34. The summed E-state index contributed by atoms with van der Waals surface area (Å²) in [4.78, 5) is 42.9. The van der Waals surface area contributed by atoms with E-state index in [1.807, 2.05) is 45.0 Å². The van der Waals surface area contributed by atoms with Crippen LogP contribution in [0.5, 0.6) is 5.75 Å². The molecule has 1 saturated carbocycles. The zero-order valence-corrected chi connectivity index (χ0v) is 25.3. The van der Waals surface area contributed by atoms with Gasteiger partial charge in [-0.05, 0) is 88.4 Å². The normalized spacial score (nSPS) is 25.2. The molecular formula is C32H39N3O8. The first-order chi connectivity index (χ1) is 20.1. The number of aliphatic hydroxyl groups excluding tert-OH is 2. The lowest BCUT2D eigenvalue weighted by Crippen LogP contribution is -2.65. The molecule has 230 valence electrons. The minimum Gasteiger partial charge on any atom is -0.508 e. The number of anilines is 1. The van der Waals surface area contributed by atoms with Crippen molar-refractivity contribution < 1.29 is 39.2 Å². The average molecular weight is 594 g/mol. The molecule has 3 aliphatic rings. The number of Topliss-reactive ketones (excluding diaryl/α,β-unsaturated/α-hetero) is 2. The van der Waals surface area contributed by atoms with E-state index in [2.05, 4.69) is 0 Å². The minimum absolute atomic E-state index is 0.0448. The standard InChI is InChI=1S/C32H39N3O8/c1-14-10-18(43-15(14)2)9-7-8-16-13-21(34(3)4)19-11-17-12-20-25(35(5)6)28(38)24(31(33)41)30(40)32(20,42)29(39)22(17)27(37)23(19)26(16)36/h10,13,17,20,25,36-37,40,42H,7-9,11-12H2,1-6H3,(H2,33,41)/t17-,20-,25?,32+/m1/s1. The first-order valence-electron chi connectivity index (χ1n) is 14.4. The van der Waals surface area contributed by atoms with Crippen LogP contribution in [0, 0.1) is 25.7 Å². The molecule has 1 fully saturated rings.